The van der Waals surface area contributed by atoms with Crippen molar-refractivity contribution in [3.8, 4) is 0 Å². The van der Waals surface area contributed by atoms with E-state index in [1.165, 1.54) is 206 Å². The Morgan fingerprint density at radius 1 is 0.366 bits per heavy atom. The standard InChI is InChI=1S/C40H76N/c1-4-7-10-13-16-19-20-23-26-29-32-36-41-37-35-39(33-30-27-24-21-17-14-11-8-5-2)40(38-41)34-31-28-25-22-18-15-12-9-6-3/h35,37-38H,4-34,36H2,1-3H3/q+1. The summed E-state index contributed by atoms with van der Waals surface area (Å²) < 4.78 is 2.52. The van der Waals surface area contributed by atoms with E-state index >= 15 is 0 Å². The fraction of sp³-hybridized carbons (Fsp3) is 0.875. The minimum atomic E-state index is 1.21. The van der Waals surface area contributed by atoms with E-state index < -0.39 is 0 Å². The molecule has 1 aromatic rings. The molecule has 1 nitrogen and oxygen atoms in total. The van der Waals surface area contributed by atoms with Crippen molar-refractivity contribution in [2.24, 2.45) is 0 Å². The highest BCUT2D eigenvalue weighted by atomic mass is 14.9. The smallest absolute Gasteiger partial charge is 0.172 e. The highest BCUT2D eigenvalue weighted by Crippen LogP contribution is 2.18. The first-order chi connectivity index (χ1) is 20.3. The van der Waals surface area contributed by atoms with E-state index in [1.54, 1.807) is 11.1 Å². The van der Waals surface area contributed by atoms with Crippen molar-refractivity contribution in [2.75, 3.05) is 0 Å². The van der Waals surface area contributed by atoms with Crippen molar-refractivity contribution in [3.63, 3.8) is 0 Å². The first kappa shape index (κ1) is 38.2. The van der Waals surface area contributed by atoms with Crippen LogP contribution in [0.1, 0.15) is 218 Å². The van der Waals surface area contributed by atoms with E-state index in [9.17, 15) is 0 Å². The Hall–Kier alpha value is -0.850. The third-order valence-corrected chi connectivity index (χ3v) is 9.32. The summed E-state index contributed by atoms with van der Waals surface area (Å²) in [5, 5.41) is 0. The average Bonchev–Trinajstić information content (AvgIpc) is 2.99. The molecule has 1 heterocycles. The monoisotopic (exact) mass is 571 g/mol. The molecular weight excluding hydrogens is 494 g/mol. The summed E-state index contributed by atoms with van der Waals surface area (Å²) in [5.41, 5.74) is 3.32. The van der Waals surface area contributed by atoms with Crippen LogP contribution in [0.5, 0.6) is 0 Å². The normalized spacial score (nSPS) is 11.5. The van der Waals surface area contributed by atoms with Crippen molar-refractivity contribution < 1.29 is 4.57 Å². The van der Waals surface area contributed by atoms with Crippen LogP contribution in [-0.2, 0) is 19.4 Å². The van der Waals surface area contributed by atoms with Crippen molar-refractivity contribution in [3.05, 3.63) is 29.6 Å². The molecule has 0 fully saturated rings. The van der Waals surface area contributed by atoms with E-state index in [1.807, 2.05) is 0 Å². The fourth-order valence-corrected chi connectivity index (χ4v) is 6.44. The summed E-state index contributed by atoms with van der Waals surface area (Å²) in [6, 6.07) is 2.49. The van der Waals surface area contributed by atoms with Crippen LogP contribution in [0.4, 0.5) is 0 Å². The highest BCUT2D eigenvalue weighted by molar-refractivity contribution is 5.21. The van der Waals surface area contributed by atoms with Gasteiger partial charge in [0.05, 0.1) is 0 Å². The molecule has 0 atom stereocenters. The zero-order valence-electron chi connectivity index (χ0n) is 28.8. The predicted octanol–water partition coefficient (Wildman–Crippen LogP) is 13.4. The molecule has 0 bridgehead atoms. The van der Waals surface area contributed by atoms with E-state index in [4.69, 9.17) is 0 Å². The molecule has 0 aromatic carbocycles. The van der Waals surface area contributed by atoms with Crippen molar-refractivity contribution in [1.29, 1.82) is 0 Å². The molecular formula is C40H76N+. The summed E-state index contributed by atoms with van der Waals surface area (Å²) in [6.45, 7) is 8.15. The maximum absolute atomic E-state index is 2.55. The first-order valence-corrected chi connectivity index (χ1v) is 19.3. The van der Waals surface area contributed by atoms with Gasteiger partial charge in [0.15, 0.2) is 12.4 Å². The number of aromatic nitrogens is 1. The summed E-state index contributed by atoms with van der Waals surface area (Å²) >= 11 is 0. The van der Waals surface area contributed by atoms with Crippen LogP contribution >= 0.6 is 0 Å². The maximum Gasteiger partial charge on any atom is 0.172 e. The number of pyridine rings is 1. The summed E-state index contributed by atoms with van der Waals surface area (Å²) in [7, 11) is 0. The molecule has 1 aromatic heterocycles. The SMILES string of the molecule is CCCCCCCCCCCCC[n+]1ccc(CCCCCCCCCCC)c(CCCCCCCCCCC)c1. The Morgan fingerprint density at radius 2 is 0.683 bits per heavy atom. The fourth-order valence-electron chi connectivity index (χ4n) is 6.44. The van der Waals surface area contributed by atoms with Crippen LogP contribution in [0, 0.1) is 0 Å². The van der Waals surface area contributed by atoms with Gasteiger partial charge in [0.2, 0.25) is 0 Å². The Kier molecular flexibility index (Phi) is 28.5. The van der Waals surface area contributed by atoms with E-state index in [0.717, 1.165) is 0 Å². The molecule has 0 aliphatic rings. The number of rotatable bonds is 32. The topological polar surface area (TPSA) is 3.88 Å². The molecule has 0 radical (unpaired) electrons. The lowest BCUT2D eigenvalue weighted by Crippen LogP contribution is -2.34. The van der Waals surface area contributed by atoms with Gasteiger partial charge in [0.1, 0.15) is 6.54 Å². The van der Waals surface area contributed by atoms with Crippen LogP contribution in [0.15, 0.2) is 18.5 Å². The lowest BCUT2D eigenvalue weighted by molar-refractivity contribution is -0.697. The number of aryl methyl sites for hydroxylation is 3. The Labute approximate surface area is 260 Å². The molecule has 1 heteroatoms. The van der Waals surface area contributed by atoms with Gasteiger partial charge in [-0.15, -0.1) is 0 Å². The maximum atomic E-state index is 2.55. The van der Waals surface area contributed by atoms with Gasteiger partial charge in [0.25, 0.3) is 0 Å². The summed E-state index contributed by atoms with van der Waals surface area (Å²) in [5.74, 6) is 0. The molecule has 0 N–H and O–H groups in total. The second-order valence-corrected chi connectivity index (χ2v) is 13.4. The number of unbranched alkanes of at least 4 members (excludes halogenated alkanes) is 26. The van der Waals surface area contributed by atoms with Crippen LogP contribution < -0.4 is 4.57 Å². The lowest BCUT2D eigenvalue weighted by Gasteiger charge is -2.10. The first-order valence-electron chi connectivity index (χ1n) is 19.3. The second-order valence-electron chi connectivity index (χ2n) is 13.4. The molecule has 0 aliphatic carbocycles. The van der Waals surface area contributed by atoms with Crippen LogP contribution in [-0.4, -0.2) is 0 Å². The average molecular weight is 571 g/mol. The number of hydrogen-bond donors (Lipinski definition) is 0. The molecule has 0 spiro atoms. The zero-order valence-corrected chi connectivity index (χ0v) is 28.8. The van der Waals surface area contributed by atoms with Crippen LogP contribution in [0.25, 0.3) is 0 Å². The molecule has 1 rings (SSSR count). The van der Waals surface area contributed by atoms with Crippen LogP contribution in [0.3, 0.4) is 0 Å². The van der Waals surface area contributed by atoms with Gasteiger partial charge >= 0.3 is 0 Å². The van der Waals surface area contributed by atoms with Gasteiger partial charge in [-0.3, -0.25) is 0 Å². The minimum Gasteiger partial charge on any atom is -0.205 e. The molecule has 0 saturated carbocycles. The second kappa shape index (κ2) is 30.6. The molecule has 0 unspecified atom stereocenters. The Balaban J connectivity index is 2.35. The largest absolute Gasteiger partial charge is 0.205 e. The minimum absolute atomic E-state index is 1.21. The molecule has 0 amide bonds. The van der Waals surface area contributed by atoms with Crippen molar-refractivity contribution in [1.82, 2.24) is 0 Å². The van der Waals surface area contributed by atoms with E-state index in [2.05, 4.69) is 43.8 Å². The number of nitrogens with zero attached hydrogens (tertiary/aromatic N) is 1. The molecule has 0 saturated heterocycles. The Morgan fingerprint density at radius 3 is 1.07 bits per heavy atom. The van der Waals surface area contributed by atoms with Gasteiger partial charge in [-0.2, -0.15) is 0 Å². The van der Waals surface area contributed by atoms with Gasteiger partial charge in [0, 0.05) is 18.1 Å². The third kappa shape index (κ3) is 24.3. The summed E-state index contributed by atoms with van der Waals surface area (Å²) in [4.78, 5) is 0. The van der Waals surface area contributed by atoms with Crippen molar-refractivity contribution in [2.45, 2.75) is 226 Å². The molecule has 240 valence electrons. The highest BCUT2D eigenvalue weighted by Gasteiger charge is 2.10. The summed E-state index contributed by atoms with van der Waals surface area (Å²) in [6.07, 6.45) is 48.9. The molecule has 0 aliphatic heterocycles. The number of hydrogen-bond acceptors (Lipinski definition) is 0. The zero-order chi connectivity index (χ0) is 29.5. The molecule has 41 heavy (non-hydrogen) atoms. The van der Waals surface area contributed by atoms with Gasteiger partial charge in [-0.05, 0) is 37.7 Å². The quantitative estimate of drug-likeness (QED) is 0.0599. The van der Waals surface area contributed by atoms with Crippen molar-refractivity contribution >= 4 is 0 Å². The van der Waals surface area contributed by atoms with Gasteiger partial charge in [-0.25, -0.2) is 4.57 Å². The van der Waals surface area contributed by atoms with Gasteiger partial charge in [-0.1, -0.05) is 181 Å². The Bertz CT molecular complexity index is 650. The predicted molar refractivity (Wildman–Crippen MR) is 185 cm³/mol. The lowest BCUT2D eigenvalue weighted by atomic mass is 9.97. The van der Waals surface area contributed by atoms with Gasteiger partial charge < -0.3 is 0 Å². The van der Waals surface area contributed by atoms with E-state index in [0.29, 0.717) is 0 Å². The third-order valence-electron chi connectivity index (χ3n) is 9.32. The van der Waals surface area contributed by atoms with Crippen LogP contribution in [0.2, 0.25) is 0 Å². The van der Waals surface area contributed by atoms with E-state index in [-0.39, 0.29) is 0 Å².